The molecular weight excluding hydrogens is 286 g/mol. The van der Waals surface area contributed by atoms with Crippen molar-refractivity contribution in [2.24, 2.45) is 0 Å². The summed E-state index contributed by atoms with van der Waals surface area (Å²) in [7, 11) is 1.94. The highest BCUT2D eigenvalue weighted by molar-refractivity contribution is 7.99. The molecule has 0 amide bonds. The van der Waals surface area contributed by atoms with E-state index in [4.69, 9.17) is 11.6 Å². The fourth-order valence-electron chi connectivity index (χ4n) is 1.99. The molecule has 0 aliphatic rings. The van der Waals surface area contributed by atoms with Crippen molar-refractivity contribution in [3.63, 3.8) is 0 Å². The van der Waals surface area contributed by atoms with Crippen molar-refractivity contribution in [1.29, 1.82) is 0 Å². The maximum absolute atomic E-state index is 6.37. The summed E-state index contributed by atoms with van der Waals surface area (Å²) in [4.78, 5) is 2.42. The van der Waals surface area contributed by atoms with Crippen LogP contribution in [0.2, 0.25) is 5.02 Å². The Morgan fingerprint density at radius 3 is 2.25 bits per heavy atom. The Morgan fingerprint density at radius 1 is 1.00 bits per heavy atom. The molecule has 1 atom stereocenters. The monoisotopic (exact) mass is 305 g/mol. The summed E-state index contributed by atoms with van der Waals surface area (Å²) in [6.07, 6.45) is 0. The molecule has 0 bridgehead atoms. The molecule has 1 nitrogen and oxygen atoms in total. The van der Waals surface area contributed by atoms with Gasteiger partial charge in [0.1, 0.15) is 0 Å². The van der Waals surface area contributed by atoms with E-state index in [1.165, 1.54) is 20.9 Å². The van der Waals surface area contributed by atoms with Crippen molar-refractivity contribution in [1.82, 2.24) is 5.32 Å². The van der Waals surface area contributed by atoms with Crippen LogP contribution in [0.1, 0.15) is 29.7 Å². The Morgan fingerprint density at radius 2 is 1.65 bits per heavy atom. The van der Waals surface area contributed by atoms with Crippen molar-refractivity contribution < 1.29 is 0 Å². The van der Waals surface area contributed by atoms with Gasteiger partial charge >= 0.3 is 0 Å². The van der Waals surface area contributed by atoms with Crippen LogP contribution in [0.25, 0.3) is 0 Å². The third-order valence-corrected chi connectivity index (χ3v) is 4.89. The molecule has 0 spiro atoms. The van der Waals surface area contributed by atoms with E-state index < -0.39 is 0 Å². The second kappa shape index (κ2) is 6.66. The van der Waals surface area contributed by atoms with Gasteiger partial charge in [0.05, 0.1) is 0 Å². The van der Waals surface area contributed by atoms with Crippen molar-refractivity contribution >= 4 is 23.4 Å². The number of benzene rings is 2. The molecule has 2 rings (SSSR count). The predicted molar refractivity (Wildman–Crippen MR) is 89.0 cm³/mol. The molecule has 0 saturated heterocycles. The van der Waals surface area contributed by atoms with E-state index in [1.54, 1.807) is 11.8 Å². The number of hydrogen-bond acceptors (Lipinski definition) is 2. The van der Waals surface area contributed by atoms with Crippen LogP contribution in [-0.2, 0) is 0 Å². The molecule has 1 N–H and O–H groups in total. The number of hydrogen-bond donors (Lipinski definition) is 1. The average molecular weight is 306 g/mol. The molecule has 20 heavy (non-hydrogen) atoms. The SMILES string of the molecule is CNC(C)c1ccc(Sc2ccc(C)c(C)c2)cc1Cl. The Balaban J connectivity index is 2.22. The molecular formula is C17H20ClNS. The van der Waals surface area contributed by atoms with Crippen molar-refractivity contribution in [2.45, 2.75) is 36.6 Å². The second-order valence-corrected chi connectivity index (χ2v) is 6.60. The van der Waals surface area contributed by atoms with Gasteiger partial charge in [0.15, 0.2) is 0 Å². The van der Waals surface area contributed by atoms with Crippen LogP contribution in [0, 0.1) is 13.8 Å². The maximum Gasteiger partial charge on any atom is 0.0464 e. The van der Waals surface area contributed by atoms with Crippen LogP contribution in [0.15, 0.2) is 46.2 Å². The van der Waals surface area contributed by atoms with E-state index in [0.29, 0.717) is 0 Å². The summed E-state index contributed by atoms with van der Waals surface area (Å²) in [5, 5.41) is 4.03. The lowest BCUT2D eigenvalue weighted by Gasteiger charge is -2.13. The standard InChI is InChI=1S/C17H20ClNS/c1-11-5-6-14(9-12(11)2)20-15-7-8-16(13(3)19-4)17(18)10-15/h5-10,13,19H,1-4H3. The summed E-state index contributed by atoms with van der Waals surface area (Å²) < 4.78 is 0. The van der Waals surface area contributed by atoms with Gasteiger partial charge in [-0.1, -0.05) is 35.5 Å². The highest BCUT2D eigenvalue weighted by Gasteiger charge is 2.09. The molecule has 3 heteroatoms. The Bertz CT molecular complexity index is 610. The Hall–Kier alpha value is -0.960. The van der Waals surface area contributed by atoms with Gasteiger partial charge in [0.25, 0.3) is 0 Å². The first-order valence-electron chi connectivity index (χ1n) is 6.73. The first-order chi connectivity index (χ1) is 9.51. The lowest BCUT2D eigenvalue weighted by atomic mass is 10.1. The molecule has 1 unspecified atom stereocenters. The van der Waals surface area contributed by atoms with Gasteiger partial charge < -0.3 is 5.32 Å². The van der Waals surface area contributed by atoms with E-state index in [1.807, 2.05) is 13.1 Å². The van der Waals surface area contributed by atoms with Gasteiger partial charge in [-0.15, -0.1) is 0 Å². The highest BCUT2D eigenvalue weighted by Crippen LogP contribution is 2.33. The summed E-state index contributed by atoms with van der Waals surface area (Å²) in [6.45, 7) is 6.38. The molecule has 0 saturated carbocycles. The quantitative estimate of drug-likeness (QED) is 0.813. The van der Waals surface area contributed by atoms with E-state index in [9.17, 15) is 0 Å². The Labute approximate surface area is 130 Å². The van der Waals surface area contributed by atoms with Gasteiger partial charge in [0.2, 0.25) is 0 Å². The minimum Gasteiger partial charge on any atom is -0.313 e. The lowest BCUT2D eigenvalue weighted by Crippen LogP contribution is -2.12. The van der Waals surface area contributed by atoms with E-state index in [2.05, 4.69) is 56.4 Å². The third-order valence-electron chi connectivity index (χ3n) is 3.59. The molecule has 0 aliphatic heterocycles. The lowest BCUT2D eigenvalue weighted by molar-refractivity contribution is 0.652. The molecule has 106 valence electrons. The number of aryl methyl sites for hydroxylation is 2. The van der Waals surface area contributed by atoms with Gasteiger partial charge in [0, 0.05) is 20.9 Å². The van der Waals surface area contributed by atoms with Gasteiger partial charge in [-0.25, -0.2) is 0 Å². The maximum atomic E-state index is 6.37. The molecule has 0 aromatic heterocycles. The van der Waals surface area contributed by atoms with Crippen LogP contribution in [0.5, 0.6) is 0 Å². The minimum atomic E-state index is 0.267. The van der Waals surface area contributed by atoms with Crippen LogP contribution >= 0.6 is 23.4 Å². The van der Waals surface area contributed by atoms with E-state index in [-0.39, 0.29) is 6.04 Å². The number of halogens is 1. The van der Waals surface area contributed by atoms with Gasteiger partial charge in [-0.05, 0) is 68.8 Å². The van der Waals surface area contributed by atoms with Crippen LogP contribution in [0.4, 0.5) is 0 Å². The average Bonchev–Trinajstić information content (AvgIpc) is 2.42. The van der Waals surface area contributed by atoms with Crippen molar-refractivity contribution in [3.8, 4) is 0 Å². The predicted octanol–water partition coefficient (Wildman–Crippen LogP) is 5.39. The smallest absolute Gasteiger partial charge is 0.0464 e. The molecule has 0 aliphatic carbocycles. The van der Waals surface area contributed by atoms with Crippen LogP contribution in [-0.4, -0.2) is 7.05 Å². The van der Waals surface area contributed by atoms with Crippen molar-refractivity contribution in [3.05, 3.63) is 58.1 Å². The first-order valence-corrected chi connectivity index (χ1v) is 7.92. The Kier molecular flexibility index (Phi) is 5.14. The molecule has 0 radical (unpaired) electrons. The van der Waals surface area contributed by atoms with Crippen LogP contribution < -0.4 is 5.32 Å². The largest absolute Gasteiger partial charge is 0.313 e. The summed E-state index contributed by atoms with van der Waals surface area (Å²) in [6, 6.07) is 13.1. The molecule has 2 aromatic carbocycles. The highest BCUT2D eigenvalue weighted by atomic mass is 35.5. The zero-order valence-corrected chi connectivity index (χ0v) is 13.9. The van der Waals surface area contributed by atoms with Crippen LogP contribution in [0.3, 0.4) is 0 Å². The zero-order chi connectivity index (χ0) is 14.7. The molecule has 2 aromatic rings. The van der Waals surface area contributed by atoms with Crippen molar-refractivity contribution in [2.75, 3.05) is 7.05 Å². The third kappa shape index (κ3) is 3.57. The van der Waals surface area contributed by atoms with Gasteiger partial charge in [-0.2, -0.15) is 0 Å². The normalized spacial score (nSPS) is 12.4. The fourth-order valence-corrected chi connectivity index (χ4v) is 3.36. The zero-order valence-electron chi connectivity index (χ0n) is 12.3. The van der Waals surface area contributed by atoms with E-state index in [0.717, 1.165) is 10.6 Å². The summed E-state index contributed by atoms with van der Waals surface area (Å²) in [5.74, 6) is 0. The topological polar surface area (TPSA) is 12.0 Å². The molecule has 0 fully saturated rings. The summed E-state index contributed by atoms with van der Waals surface area (Å²) >= 11 is 8.12. The van der Waals surface area contributed by atoms with Gasteiger partial charge in [-0.3, -0.25) is 0 Å². The van der Waals surface area contributed by atoms with E-state index >= 15 is 0 Å². The minimum absolute atomic E-state index is 0.267. The molecule has 0 heterocycles. The number of nitrogens with one attached hydrogen (secondary N) is 1. The summed E-state index contributed by atoms with van der Waals surface area (Å²) in [5.41, 5.74) is 3.78. The number of rotatable bonds is 4. The fraction of sp³-hybridized carbons (Fsp3) is 0.294. The second-order valence-electron chi connectivity index (χ2n) is 5.04. The first kappa shape index (κ1) is 15.4.